The third-order valence-corrected chi connectivity index (χ3v) is 2.66. The molecule has 1 heterocycles. The van der Waals surface area contributed by atoms with Gasteiger partial charge in [0.15, 0.2) is 0 Å². The fourth-order valence-electron chi connectivity index (χ4n) is 1.79. The molecule has 0 aliphatic carbocycles. The summed E-state index contributed by atoms with van der Waals surface area (Å²) in [6, 6.07) is 6.10. The van der Waals surface area contributed by atoms with E-state index in [1.165, 1.54) is 5.56 Å². The highest BCUT2D eigenvalue weighted by molar-refractivity contribution is 5.53. The molecule has 3 nitrogen and oxygen atoms in total. The first-order chi connectivity index (χ1) is 7.29. The molecule has 1 unspecified atom stereocenters. The maximum absolute atomic E-state index is 5.80. The second-order valence-corrected chi connectivity index (χ2v) is 3.83. The SMILES string of the molecule is CNc1ccc(OC2CCOC2)cc1C. The summed E-state index contributed by atoms with van der Waals surface area (Å²) in [4.78, 5) is 0. The standard InChI is InChI=1S/C12H17NO2/c1-9-7-10(3-4-12(9)13-2)15-11-5-6-14-8-11/h3-4,7,11,13H,5-6,8H2,1-2H3. The van der Waals surface area contributed by atoms with Gasteiger partial charge in [-0.25, -0.2) is 0 Å². The van der Waals surface area contributed by atoms with Gasteiger partial charge in [0, 0.05) is 19.2 Å². The number of hydrogen-bond donors (Lipinski definition) is 1. The summed E-state index contributed by atoms with van der Waals surface area (Å²) in [5, 5.41) is 3.14. The van der Waals surface area contributed by atoms with Crippen LogP contribution >= 0.6 is 0 Å². The molecule has 1 N–H and O–H groups in total. The van der Waals surface area contributed by atoms with Crippen molar-refractivity contribution in [3.63, 3.8) is 0 Å². The van der Waals surface area contributed by atoms with E-state index in [1.54, 1.807) is 0 Å². The van der Waals surface area contributed by atoms with Gasteiger partial charge in [0.2, 0.25) is 0 Å². The Bertz CT molecular complexity index is 332. The van der Waals surface area contributed by atoms with Gasteiger partial charge in [-0.2, -0.15) is 0 Å². The van der Waals surface area contributed by atoms with Gasteiger partial charge in [-0.15, -0.1) is 0 Å². The minimum atomic E-state index is 0.227. The van der Waals surface area contributed by atoms with Crippen LogP contribution in [0.2, 0.25) is 0 Å². The summed E-state index contributed by atoms with van der Waals surface area (Å²) in [5.41, 5.74) is 2.35. The highest BCUT2D eigenvalue weighted by atomic mass is 16.5. The lowest BCUT2D eigenvalue weighted by Crippen LogP contribution is -2.15. The molecular formula is C12H17NO2. The van der Waals surface area contributed by atoms with E-state index >= 15 is 0 Å². The monoisotopic (exact) mass is 207 g/mol. The zero-order valence-electron chi connectivity index (χ0n) is 9.25. The predicted molar refractivity (Wildman–Crippen MR) is 60.6 cm³/mol. The molecular weight excluding hydrogens is 190 g/mol. The van der Waals surface area contributed by atoms with Crippen molar-refractivity contribution in [1.82, 2.24) is 0 Å². The van der Waals surface area contributed by atoms with E-state index in [9.17, 15) is 0 Å². The van der Waals surface area contributed by atoms with Gasteiger partial charge in [-0.1, -0.05) is 0 Å². The van der Waals surface area contributed by atoms with Crippen LogP contribution in [0.25, 0.3) is 0 Å². The Hall–Kier alpha value is -1.22. The van der Waals surface area contributed by atoms with E-state index < -0.39 is 0 Å². The third kappa shape index (κ3) is 2.42. The molecule has 1 aliphatic rings. The molecule has 0 aromatic heterocycles. The predicted octanol–water partition coefficient (Wildman–Crippen LogP) is 2.20. The van der Waals surface area contributed by atoms with E-state index in [1.807, 2.05) is 19.2 Å². The average Bonchev–Trinajstić information content (AvgIpc) is 2.71. The number of aryl methyl sites for hydroxylation is 1. The summed E-state index contributed by atoms with van der Waals surface area (Å²) in [6.45, 7) is 3.61. The van der Waals surface area contributed by atoms with Crippen LogP contribution in [0, 0.1) is 6.92 Å². The largest absolute Gasteiger partial charge is 0.488 e. The second-order valence-electron chi connectivity index (χ2n) is 3.83. The molecule has 3 heteroatoms. The molecule has 0 amide bonds. The van der Waals surface area contributed by atoms with Crippen molar-refractivity contribution in [2.75, 3.05) is 25.6 Å². The van der Waals surface area contributed by atoms with E-state index in [0.29, 0.717) is 6.61 Å². The smallest absolute Gasteiger partial charge is 0.124 e. The lowest BCUT2D eigenvalue weighted by molar-refractivity contribution is 0.141. The lowest BCUT2D eigenvalue weighted by Gasteiger charge is -2.13. The van der Waals surface area contributed by atoms with Gasteiger partial charge in [0.1, 0.15) is 11.9 Å². The first kappa shape index (κ1) is 10.3. The zero-order valence-corrected chi connectivity index (χ0v) is 9.25. The molecule has 0 saturated carbocycles. The Morgan fingerprint density at radius 1 is 1.47 bits per heavy atom. The molecule has 1 atom stereocenters. The van der Waals surface area contributed by atoms with Crippen LogP contribution in [0.1, 0.15) is 12.0 Å². The fourth-order valence-corrected chi connectivity index (χ4v) is 1.79. The molecule has 1 saturated heterocycles. The second kappa shape index (κ2) is 4.53. The van der Waals surface area contributed by atoms with Crippen molar-refractivity contribution < 1.29 is 9.47 Å². The number of benzene rings is 1. The van der Waals surface area contributed by atoms with Crippen LogP contribution in [0.3, 0.4) is 0 Å². The average molecular weight is 207 g/mol. The molecule has 1 aliphatic heterocycles. The van der Waals surface area contributed by atoms with Crippen LogP contribution in [0.15, 0.2) is 18.2 Å². The van der Waals surface area contributed by atoms with E-state index in [-0.39, 0.29) is 6.10 Å². The number of nitrogens with one attached hydrogen (secondary N) is 1. The van der Waals surface area contributed by atoms with Crippen LogP contribution in [0.4, 0.5) is 5.69 Å². The molecule has 15 heavy (non-hydrogen) atoms. The molecule has 82 valence electrons. The molecule has 2 rings (SSSR count). The molecule has 1 aromatic rings. The van der Waals surface area contributed by atoms with Gasteiger partial charge in [-0.3, -0.25) is 0 Å². The van der Waals surface area contributed by atoms with Crippen molar-refractivity contribution in [2.24, 2.45) is 0 Å². The molecule has 0 spiro atoms. The van der Waals surface area contributed by atoms with Crippen molar-refractivity contribution in [3.8, 4) is 5.75 Å². The lowest BCUT2D eigenvalue weighted by atomic mass is 10.2. The van der Waals surface area contributed by atoms with Crippen LogP contribution in [-0.2, 0) is 4.74 Å². The summed E-state index contributed by atoms with van der Waals surface area (Å²) >= 11 is 0. The Morgan fingerprint density at radius 3 is 2.93 bits per heavy atom. The number of hydrogen-bond acceptors (Lipinski definition) is 3. The summed E-state index contributed by atoms with van der Waals surface area (Å²) in [6.07, 6.45) is 1.22. The minimum Gasteiger partial charge on any atom is -0.488 e. The molecule has 0 bridgehead atoms. The Balaban J connectivity index is 2.05. The van der Waals surface area contributed by atoms with E-state index in [2.05, 4.69) is 18.3 Å². The Morgan fingerprint density at radius 2 is 2.33 bits per heavy atom. The number of ether oxygens (including phenoxy) is 2. The van der Waals surface area contributed by atoms with Gasteiger partial charge >= 0.3 is 0 Å². The zero-order chi connectivity index (χ0) is 10.7. The summed E-state index contributed by atoms with van der Waals surface area (Å²) in [5.74, 6) is 0.932. The highest BCUT2D eigenvalue weighted by Gasteiger charge is 2.17. The van der Waals surface area contributed by atoms with Crippen LogP contribution < -0.4 is 10.1 Å². The van der Waals surface area contributed by atoms with E-state index in [0.717, 1.165) is 24.5 Å². The summed E-state index contributed by atoms with van der Waals surface area (Å²) < 4.78 is 11.1. The maximum Gasteiger partial charge on any atom is 0.124 e. The highest BCUT2D eigenvalue weighted by Crippen LogP contribution is 2.23. The minimum absolute atomic E-state index is 0.227. The molecule has 1 fully saturated rings. The fraction of sp³-hybridized carbons (Fsp3) is 0.500. The first-order valence-electron chi connectivity index (χ1n) is 5.32. The summed E-state index contributed by atoms with van der Waals surface area (Å²) in [7, 11) is 1.92. The quantitative estimate of drug-likeness (QED) is 0.824. The van der Waals surface area contributed by atoms with Crippen molar-refractivity contribution >= 4 is 5.69 Å². The normalized spacial score (nSPS) is 20.3. The Kier molecular flexibility index (Phi) is 3.11. The molecule has 1 aromatic carbocycles. The Labute approximate surface area is 90.4 Å². The third-order valence-electron chi connectivity index (χ3n) is 2.66. The van der Waals surface area contributed by atoms with Crippen LogP contribution in [-0.4, -0.2) is 26.4 Å². The van der Waals surface area contributed by atoms with Gasteiger partial charge in [-0.05, 0) is 30.7 Å². The van der Waals surface area contributed by atoms with Crippen molar-refractivity contribution in [2.45, 2.75) is 19.4 Å². The van der Waals surface area contributed by atoms with Gasteiger partial charge in [0.25, 0.3) is 0 Å². The maximum atomic E-state index is 5.80. The van der Waals surface area contributed by atoms with Crippen LogP contribution in [0.5, 0.6) is 5.75 Å². The number of rotatable bonds is 3. The van der Waals surface area contributed by atoms with Crippen molar-refractivity contribution in [3.05, 3.63) is 23.8 Å². The van der Waals surface area contributed by atoms with Gasteiger partial charge < -0.3 is 14.8 Å². The molecule has 0 radical (unpaired) electrons. The van der Waals surface area contributed by atoms with Crippen molar-refractivity contribution in [1.29, 1.82) is 0 Å². The first-order valence-corrected chi connectivity index (χ1v) is 5.32. The van der Waals surface area contributed by atoms with Gasteiger partial charge in [0.05, 0.1) is 13.2 Å². The number of anilines is 1. The topological polar surface area (TPSA) is 30.5 Å². The van der Waals surface area contributed by atoms with E-state index in [4.69, 9.17) is 9.47 Å².